The smallest absolute Gasteiger partial charge is 0.252 e. The lowest BCUT2D eigenvalue weighted by molar-refractivity contribution is 0.0950. The molecule has 0 aliphatic carbocycles. The Morgan fingerprint density at radius 1 is 1.50 bits per heavy atom. The van der Waals surface area contributed by atoms with Crippen molar-refractivity contribution in [3.8, 4) is 11.8 Å². The van der Waals surface area contributed by atoms with E-state index in [1.807, 2.05) is 13.2 Å². The van der Waals surface area contributed by atoms with Gasteiger partial charge in [0.1, 0.15) is 6.61 Å². The summed E-state index contributed by atoms with van der Waals surface area (Å²) < 4.78 is 1.67. The van der Waals surface area contributed by atoms with Crippen LogP contribution in [-0.2, 0) is 13.6 Å². The first-order valence-corrected chi connectivity index (χ1v) is 6.00. The molecular weight excluding hydrogens is 256 g/mol. The number of hydrogen-bond donors (Lipinski definition) is 2. The number of carbonyl (C=O) groups excluding carboxylic acids is 1. The summed E-state index contributed by atoms with van der Waals surface area (Å²) >= 11 is 0. The van der Waals surface area contributed by atoms with Gasteiger partial charge in [0.25, 0.3) is 5.91 Å². The number of amides is 1. The molecule has 2 aromatic heterocycles. The first-order valence-electron chi connectivity index (χ1n) is 6.00. The van der Waals surface area contributed by atoms with Crippen LogP contribution in [0.25, 0.3) is 0 Å². The Morgan fingerprint density at radius 3 is 3.05 bits per heavy atom. The monoisotopic (exact) mass is 270 g/mol. The fraction of sp³-hybridized carbons (Fsp3) is 0.214. The van der Waals surface area contributed by atoms with Gasteiger partial charge >= 0.3 is 0 Å². The van der Waals surface area contributed by atoms with Crippen molar-refractivity contribution in [2.24, 2.45) is 7.05 Å². The molecule has 1 amide bonds. The van der Waals surface area contributed by atoms with Gasteiger partial charge in [-0.3, -0.25) is 14.5 Å². The molecule has 102 valence electrons. The van der Waals surface area contributed by atoms with Gasteiger partial charge in [0.15, 0.2) is 0 Å². The molecule has 0 spiro atoms. The number of hydrogen-bond acceptors (Lipinski definition) is 4. The zero-order chi connectivity index (χ0) is 14.4. The van der Waals surface area contributed by atoms with E-state index in [0.29, 0.717) is 17.7 Å². The number of pyridine rings is 1. The quantitative estimate of drug-likeness (QED) is 0.775. The topological polar surface area (TPSA) is 80.0 Å². The van der Waals surface area contributed by atoms with E-state index in [1.54, 1.807) is 16.9 Å². The second kappa shape index (κ2) is 6.50. The van der Waals surface area contributed by atoms with Gasteiger partial charge in [-0.2, -0.15) is 5.10 Å². The van der Waals surface area contributed by atoms with Crippen LogP contribution in [0.5, 0.6) is 0 Å². The summed E-state index contributed by atoms with van der Waals surface area (Å²) in [7, 11) is 1.82. The van der Waals surface area contributed by atoms with E-state index in [2.05, 4.69) is 27.2 Å². The Balaban J connectivity index is 2.09. The molecule has 0 unspecified atom stereocenters. The van der Waals surface area contributed by atoms with Crippen molar-refractivity contribution in [2.45, 2.75) is 6.54 Å². The highest BCUT2D eigenvalue weighted by molar-refractivity contribution is 5.96. The molecule has 0 saturated heterocycles. The maximum Gasteiger partial charge on any atom is 0.252 e. The highest BCUT2D eigenvalue weighted by Gasteiger charge is 2.10. The lowest BCUT2D eigenvalue weighted by Crippen LogP contribution is -2.23. The minimum atomic E-state index is -0.258. The van der Waals surface area contributed by atoms with Crippen molar-refractivity contribution in [1.82, 2.24) is 20.1 Å². The van der Waals surface area contributed by atoms with Crippen LogP contribution in [0.2, 0.25) is 0 Å². The Labute approximate surface area is 116 Å². The summed E-state index contributed by atoms with van der Waals surface area (Å²) in [5.74, 6) is 4.98. The van der Waals surface area contributed by atoms with Crippen molar-refractivity contribution in [1.29, 1.82) is 0 Å². The number of carbonyl (C=O) groups is 1. The normalized spacial score (nSPS) is 9.70. The van der Waals surface area contributed by atoms with Crippen molar-refractivity contribution in [2.75, 3.05) is 6.61 Å². The molecule has 2 heterocycles. The van der Waals surface area contributed by atoms with Crippen LogP contribution in [0.1, 0.15) is 21.5 Å². The van der Waals surface area contributed by atoms with Crippen LogP contribution in [0.3, 0.4) is 0 Å². The van der Waals surface area contributed by atoms with Gasteiger partial charge in [-0.25, -0.2) is 0 Å². The molecule has 6 heteroatoms. The Morgan fingerprint density at radius 2 is 2.35 bits per heavy atom. The van der Waals surface area contributed by atoms with Gasteiger partial charge < -0.3 is 10.4 Å². The van der Waals surface area contributed by atoms with Gasteiger partial charge in [-0.1, -0.05) is 11.8 Å². The fourth-order valence-corrected chi connectivity index (χ4v) is 1.67. The molecule has 0 bridgehead atoms. The van der Waals surface area contributed by atoms with Crippen molar-refractivity contribution in [3.63, 3.8) is 0 Å². The van der Waals surface area contributed by atoms with Gasteiger partial charge in [0.05, 0.1) is 17.3 Å². The maximum absolute atomic E-state index is 12.1. The number of nitrogens with one attached hydrogen (secondary N) is 1. The molecule has 0 aliphatic rings. The van der Waals surface area contributed by atoms with E-state index in [-0.39, 0.29) is 12.5 Å². The third-order valence-corrected chi connectivity index (χ3v) is 2.58. The lowest BCUT2D eigenvalue weighted by atomic mass is 10.1. The third kappa shape index (κ3) is 3.43. The predicted octanol–water partition coefficient (Wildman–Crippen LogP) is 0.0889. The van der Waals surface area contributed by atoms with Gasteiger partial charge in [-0.05, 0) is 6.07 Å². The summed E-state index contributed by atoms with van der Waals surface area (Å²) in [5, 5.41) is 15.5. The summed E-state index contributed by atoms with van der Waals surface area (Å²) in [5.41, 5.74) is 1.84. The van der Waals surface area contributed by atoms with Gasteiger partial charge in [0.2, 0.25) is 0 Å². The second-order valence-corrected chi connectivity index (χ2v) is 4.09. The Bertz CT molecular complexity index is 667. The Kier molecular flexibility index (Phi) is 4.47. The van der Waals surface area contributed by atoms with Crippen molar-refractivity contribution >= 4 is 5.91 Å². The Hall–Kier alpha value is -2.65. The summed E-state index contributed by atoms with van der Waals surface area (Å²) in [6.07, 6.45) is 6.56. The number of nitrogens with zero attached hydrogens (tertiary/aromatic N) is 3. The number of aliphatic hydroxyl groups is 1. The highest BCUT2D eigenvalue weighted by Crippen LogP contribution is 2.06. The van der Waals surface area contributed by atoms with Crippen molar-refractivity contribution < 1.29 is 9.90 Å². The molecule has 6 nitrogen and oxygen atoms in total. The molecule has 2 aromatic rings. The minimum absolute atomic E-state index is 0.238. The van der Waals surface area contributed by atoms with E-state index < -0.39 is 0 Å². The van der Waals surface area contributed by atoms with Crippen LogP contribution < -0.4 is 5.32 Å². The van der Waals surface area contributed by atoms with Gasteiger partial charge in [0, 0.05) is 37.7 Å². The number of rotatable bonds is 3. The molecule has 0 fully saturated rings. The zero-order valence-corrected chi connectivity index (χ0v) is 11.0. The summed E-state index contributed by atoms with van der Waals surface area (Å²) in [4.78, 5) is 16.0. The average molecular weight is 270 g/mol. The van der Waals surface area contributed by atoms with Crippen LogP contribution in [0, 0.1) is 11.8 Å². The molecule has 0 aliphatic heterocycles. The third-order valence-electron chi connectivity index (χ3n) is 2.58. The molecule has 0 saturated carbocycles. The average Bonchev–Trinajstić information content (AvgIpc) is 2.88. The number of aryl methyl sites for hydroxylation is 1. The molecule has 2 rings (SSSR count). The molecule has 0 aromatic carbocycles. The van der Waals surface area contributed by atoms with Crippen molar-refractivity contribution in [3.05, 3.63) is 47.5 Å². The molecule has 0 radical (unpaired) electrons. The lowest BCUT2D eigenvalue weighted by Gasteiger charge is -2.05. The van der Waals surface area contributed by atoms with E-state index in [9.17, 15) is 4.79 Å². The minimum Gasteiger partial charge on any atom is -0.384 e. The summed E-state index contributed by atoms with van der Waals surface area (Å²) in [6, 6.07) is 1.60. The predicted molar refractivity (Wildman–Crippen MR) is 72.6 cm³/mol. The van der Waals surface area contributed by atoms with E-state index >= 15 is 0 Å². The molecular formula is C14H14N4O2. The first kappa shape index (κ1) is 13.8. The van der Waals surface area contributed by atoms with Gasteiger partial charge in [-0.15, -0.1) is 0 Å². The van der Waals surface area contributed by atoms with Crippen LogP contribution in [0.15, 0.2) is 30.9 Å². The van der Waals surface area contributed by atoms with E-state index in [4.69, 9.17) is 5.11 Å². The molecule has 20 heavy (non-hydrogen) atoms. The van der Waals surface area contributed by atoms with Crippen LogP contribution in [-0.4, -0.2) is 32.4 Å². The van der Waals surface area contributed by atoms with E-state index in [1.165, 1.54) is 12.4 Å². The second-order valence-electron chi connectivity index (χ2n) is 4.09. The molecule has 0 atom stereocenters. The van der Waals surface area contributed by atoms with E-state index in [0.717, 1.165) is 5.56 Å². The first-order chi connectivity index (χ1) is 9.70. The largest absolute Gasteiger partial charge is 0.384 e. The zero-order valence-electron chi connectivity index (χ0n) is 11.0. The number of aromatic nitrogens is 3. The van der Waals surface area contributed by atoms with Crippen LogP contribution in [0.4, 0.5) is 0 Å². The SMILES string of the molecule is Cn1cc(CNC(=O)c2ccncc2C#CCO)cn1. The standard InChI is InChI=1S/C14H14N4O2/c1-18-10-11(8-17-18)7-16-14(20)13-4-5-15-9-12(13)3-2-6-19/h4-5,8-10,19H,6-7H2,1H3,(H,16,20). The number of aliphatic hydroxyl groups excluding tert-OH is 1. The fourth-order valence-electron chi connectivity index (χ4n) is 1.67. The molecule has 2 N–H and O–H groups in total. The van der Waals surface area contributed by atoms with Crippen LogP contribution >= 0.6 is 0 Å². The summed E-state index contributed by atoms with van der Waals surface area (Å²) in [6.45, 7) is 0.132. The highest BCUT2D eigenvalue weighted by atomic mass is 16.2. The maximum atomic E-state index is 12.1.